The second-order valence-corrected chi connectivity index (χ2v) is 4.16. The minimum Gasteiger partial charge on any atom is -0.304 e. The van der Waals surface area contributed by atoms with E-state index in [-0.39, 0.29) is 0 Å². The third kappa shape index (κ3) is 4.97. The molecule has 0 aromatic rings. The highest BCUT2D eigenvalue weighted by atomic mass is 15.3. The summed E-state index contributed by atoms with van der Waals surface area (Å²) in [6, 6.07) is 0.804. The van der Waals surface area contributed by atoms with Gasteiger partial charge in [-0.25, -0.2) is 0 Å². The molecule has 2 heteroatoms. The van der Waals surface area contributed by atoms with Gasteiger partial charge in [-0.15, -0.1) is 0 Å². The van der Waals surface area contributed by atoms with Crippen LogP contribution in [0.1, 0.15) is 40.5 Å². The lowest BCUT2D eigenvalue weighted by atomic mass is 10.1. The van der Waals surface area contributed by atoms with Gasteiger partial charge in [0.25, 0.3) is 0 Å². The van der Waals surface area contributed by atoms with Crippen LogP contribution in [0.15, 0.2) is 0 Å². The van der Waals surface area contributed by atoms with E-state index in [1.165, 1.54) is 39.0 Å². The molecule has 0 radical (unpaired) electrons. The first-order valence-corrected chi connectivity index (χ1v) is 6.12. The van der Waals surface area contributed by atoms with E-state index < -0.39 is 0 Å². The van der Waals surface area contributed by atoms with Crippen molar-refractivity contribution in [3.05, 3.63) is 0 Å². The molecule has 1 heterocycles. The van der Waals surface area contributed by atoms with Crippen LogP contribution in [0.2, 0.25) is 0 Å². The molecule has 1 fully saturated rings. The predicted molar refractivity (Wildman–Crippen MR) is 64.8 cm³/mol. The third-order valence-electron chi connectivity index (χ3n) is 2.69. The fourth-order valence-corrected chi connectivity index (χ4v) is 1.85. The van der Waals surface area contributed by atoms with Gasteiger partial charge in [0.1, 0.15) is 0 Å². The highest BCUT2D eigenvalue weighted by molar-refractivity contribution is 4.78. The molecule has 0 saturated carbocycles. The lowest BCUT2D eigenvalue weighted by Crippen LogP contribution is -2.51. The van der Waals surface area contributed by atoms with Crippen molar-refractivity contribution in [2.24, 2.45) is 0 Å². The number of hydrogen-bond acceptors (Lipinski definition) is 2. The molecule has 0 N–H and O–H groups in total. The number of hydrogen-bond donors (Lipinski definition) is 0. The van der Waals surface area contributed by atoms with Crippen LogP contribution >= 0.6 is 0 Å². The molecule has 0 amide bonds. The van der Waals surface area contributed by atoms with E-state index in [4.69, 9.17) is 0 Å². The summed E-state index contributed by atoms with van der Waals surface area (Å²) >= 11 is 0. The number of rotatable bonds is 2. The lowest BCUT2D eigenvalue weighted by molar-refractivity contribution is 0.0927. The molecule has 0 aromatic heterocycles. The van der Waals surface area contributed by atoms with Gasteiger partial charge in [0.05, 0.1) is 0 Å². The normalized spacial score (nSPS) is 24.2. The Morgan fingerprint density at radius 3 is 2.07 bits per heavy atom. The van der Waals surface area contributed by atoms with Gasteiger partial charge in [-0.1, -0.05) is 34.1 Å². The Kier molecular flexibility index (Phi) is 8.20. The molecule has 0 aliphatic carbocycles. The topological polar surface area (TPSA) is 6.48 Å². The largest absolute Gasteiger partial charge is 0.304 e. The van der Waals surface area contributed by atoms with E-state index in [2.05, 4.69) is 44.5 Å². The van der Waals surface area contributed by atoms with Crippen LogP contribution in [0.4, 0.5) is 0 Å². The van der Waals surface area contributed by atoms with Crippen LogP contribution in [-0.4, -0.2) is 49.1 Å². The molecule has 1 saturated heterocycles. The van der Waals surface area contributed by atoms with Crippen molar-refractivity contribution in [3.63, 3.8) is 0 Å². The summed E-state index contributed by atoms with van der Waals surface area (Å²) in [5, 5.41) is 0. The minimum atomic E-state index is 0.804. The zero-order valence-corrected chi connectivity index (χ0v) is 10.7. The molecule has 1 rings (SSSR count). The highest BCUT2D eigenvalue weighted by Gasteiger charge is 2.21. The van der Waals surface area contributed by atoms with Crippen molar-refractivity contribution in [2.75, 3.05) is 33.2 Å². The van der Waals surface area contributed by atoms with Crippen molar-refractivity contribution in [1.82, 2.24) is 9.80 Å². The number of likely N-dealkylation sites (N-methyl/N-ethyl adjacent to an activating group) is 2. The van der Waals surface area contributed by atoms with Crippen molar-refractivity contribution >= 4 is 0 Å². The molecule has 86 valence electrons. The molecular weight excluding hydrogens is 172 g/mol. The Hall–Kier alpha value is -0.0800. The van der Waals surface area contributed by atoms with Gasteiger partial charge in [-0.3, -0.25) is 4.90 Å². The molecule has 0 bridgehead atoms. The summed E-state index contributed by atoms with van der Waals surface area (Å²) in [7, 11) is 2.22. The zero-order valence-electron chi connectivity index (χ0n) is 10.7. The molecule has 0 spiro atoms. The fourth-order valence-electron chi connectivity index (χ4n) is 1.85. The van der Waals surface area contributed by atoms with Crippen LogP contribution in [0, 0.1) is 0 Å². The summed E-state index contributed by atoms with van der Waals surface area (Å²) in [5.41, 5.74) is 0. The SMILES string of the molecule is CCC.CCC1CN(C)CCN1CC. The molecule has 0 aromatic carbocycles. The summed E-state index contributed by atoms with van der Waals surface area (Å²) in [4.78, 5) is 5.01. The van der Waals surface area contributed by atoms with E-state index in [1.54, 1.807) is 0 Å². The highest BCUT2D eigenvalue weighted by Crippen LogP contribution is 2.10. The first-order chi connectivity index (χ1) is 6.69. The minimum absolute atomic E-state index is 0.804. The molecule has 1 unspecified atom stereocenters. The van der Waals surface area contributed by atoms with Crippen LogP contribution < -0.4 is 0 Å². The summed E-state index contributed by atoms with van der Waals surface area (Å²) in [5.74, 6) is 0. The molecule has 2 nitrogen and oxygen atoms in total. The summed E-state index contributed by atoms with van der Waals surface area (Å²) in [6.45, 7) is 13.8. The first-order valence-electron chi connectivity index (χ1n) is 6.12. The maximum atomic E-state index is 2.58. The van der Waals surface area contributed by atoms with Gasteiger partial charge in [0.15, 0.2) is 0 Å². The smallest absolute Gasteiger partial charge is 0.0220 e. The van der Waals surface area contributed by atoms with Gasteiger partial charge >= 0.3 is 0 Å². The van der Waals surface area contributed by atoms with Crippen LogP contribution in [0.3, 0.4) is 0 Å². The Morgan fingerprint density at radius 2 is 1.64 bits per heavy atom. The summed E-state index contributed by atoms with van der Waals surface area (Å²) in [6.07, 6.45) is 2.54. The summed E-state index contributed by atoms with van der Waals surface area (Å²) < 4.78 is 0. The van der Waals surface area contributed by atoms with Crippen molar-refractivity contribution < 1.29 is 0 Å². The quantitative estimate of drug-likeness (QED) is 0.675. The van der Waals surface area contributed by atoms with Gasteiger partial charge in [0.2, 0.25) is 0 Å². The van der Waals surface area contributed by atoms with Crippen molar-refractivity contribution in [1.29, 1.82) is 0 Å². The van der Waals surface area contributed by atoms with Crippen LogP contribution in [0.5, 0.6) is 0 Å². The van der Waals surface area contributed by atoms with E-state index in [9.17, 15) is 0 Å². The maximum Gasteiger partial charge on any atom is 0.0220 e. The van der Waals surface area contributed by atoms with E-state index in [0.29, 0.717) is 0 Å². The van der Waals surface area contributed by atoms with Crippen LogP contribution in [-0.2, 0) is 0 Å². The molecule has 1 aliphatic heterocycles. The van der Waals surface area contributed by atoms with Gasteiger partial charge in [-0.05, 0) is 20.0 Å². The van der Waals surface area contributed by atoms with Crippen LogP contribution in [0.25, 0.3) is 0 Å². The maximum absolute atomic E-state index is 2.58. The monoisotopic (exact) mass is 200 g/mol. The third-order valence-corrected chi connectivity index (χ3v) is 2.69. The average molecular weight is 200 g/mol. The fraction of sp³-hybridized carbons (Fsp3) is 1.00. The Balaban J connectivity index is 0.000000500. The second-order valence-electron chi connectivity index (χ2n) is 4.16. The molecule has 1 atom stereocenters. The van der Waals surface area contributed by atoms with E-state index in [1.807, 2.05) is 0 Å². The van der Waals surface area contributed by atoms with E-state index in [0.717, 1.165) is 6.04 Å². The Morgan fingerprint density at radius 1 is 1.07 bits per heavy atom. The Labute approximate surface area is 90.3 Å². The first kappa shape index (κ1) is 13.9. The standard InChI is InChI=1S/C9H20N2.C3H8/c1-4-9-8-10(3)6-7-11(9)5-2;1-3-2/h9H,4-8H2,1-3H3;3H2,1-2H3. The molecule has 14 heavy (non-hydrogen) atoms. The second kappa shape index (κ2) is 8.25. The molecular formula is C12H28N2. The number of piperazine rings is 1. The van der Waals surface area contributed by atoms with Crippen molar-refractivity contribution in [3.8, 4) is 0 Å². The van der Waals surface area contributed by atoms with Gasteiger partial charge < -0.3 is 4.90 Å². The number of nitrogens with zero attached hydrogens (tertiary/aromatic N) is 2. The van der Waals surface area contributed by atoms with Gasteiger partial charge in [-0.2, -0.15) is 0 Å². The van der Waals surface area contributed by atoms with E-state index >= 15 is 0 Å². The van der Waals surface area contributed by atoms with Crippen molar-refractivity contribution in [2.45, 2.75) is 46.6 Å². The predicted octanol–water partition coefficient (Wildman–Crippen LogP) is 2.45. The molecule has 1 aliphatic rings. The zero-order chi connectivity index (χ0) is 11.0. The van der Waals surface area contributed by atoms with Gasteiger partial charge in [0, 0.05) is 25.7 Å². The average Bonchev–Trinajstić information content (AvgIpc) is 2.19. The Bertz CT molecular complexity index is 125. The lowest BCUT2D eigenvalue weighted by Gasteiger charge is -2.39.